The molecule has 1 rings (SSSR count). The van der Waals surface area contributed by atoms with Gasteiger partial charge < -0.3 is 10.2 Å². The number of benzene rings is 1. The Morgan fingerprint density at radius 3 is 2.57 bits per heavy atom. The van der Waals surface area contributed by atoms with Gasteiger partial charge in [0.2, 0.25) is 0 Å². The first-order valence-corrected chi connectivity index (χ1v) is 4.06. The van der Waals surface area contributed by atoms with Crippen molar-refractivity contribution < 1.29 is 19.8 Å². The van der Waals surface area contributed by atoms with Crippen LogP contribution in [-0.4, -0.2) is 22.5 Å². The molecule has 0 radical (unpaired) electrons. The minimum Gasteiger partial charge on any atom is -0.478 e. The third kappa shape index (κ3) is 1.97. The topological polar surface area (TPSA) is 74.6 Å². The lowest BCUT2D eigenvalue weighted by atomic mass is 10.0. The number of aldehydes is 1. The maximum Gasteiger partial charge on any atom is 0.335 e. The third-order valence-electron chi connectivity index (χ3n) is 1.91. The molecule has 1 aromatic carbocycles. The average Bonchev–Trinajstić information content (AvgIpc) is 2.16. The summed E-state index contributed by atoms with van der Waals surface area (Å²) in [6.07, 6.45) is -0.261. The van der Waals surface area contributed by atoms with Gasteiger partial charge in [-0.1, -0.05) is 6.07 Å². The predicted octanol–water partition coefficient (Wildman–Crippen LogP) is 1.25. The summed E-state index contributed by atoms with van der Waals surface area (Å²) < 4.78 is 0. The number of rotatable bonds is 3. The van der Waals surface area contributed by atoms with Gasteiger partial charge in [-0.15, -0.1) is 0 Å². The van der Waals surface area contributed by atoms with E-state index in [1.807, 2.05) is 0 Å². The van der Waals surface area contributed by atoms with Crippen LogP contribution >= 0.6 is 0 Å². The quantitative estimate of drug-likeness (QED) is 0.710. The van der Waals surface area contributed by atoms with Crippen molar-refractivity contribution >= 4 is 12.3 Å². The Labute approximate surface area is 80.8 Å². The monoisotopic (exact) mass is 194 g/mol. The van der Waals surface area contributed by atoms with E-state index in [1.165, 1.54) is 25.1 Å². The molecule has 0 heterocycles. The molecule has 4 heteroatoms. The number of hydrogen-bond acceptors (Lipinski definition) is 3. The molecule has 0 saturated heterocycles. The van der Waals surface area contributed by atoms with Gasteiger partial charge >= 0.3 is 5.97 Å². The molecule has 1 unspecified atom stereocenters. The van der Waals surface area contributed by atoms with Crippen molar-refractivity contribution in [2.24, 2.45) is 0 Å². The summed E-state index contributed by atoms with van der Waals surface area (Å²) in [6.45, 7) is 1.48. The highest BCUT2D eigenvalue weighted by Crippen LogP contribution is 2.18. The summed E-state index contributed by atoms with van der Waals surface area (Å²) in [5.74, 6) is -1.08. The van der Waals surface area contributed by atoms with E-state index in [-0.39, 0.29) is 5.56 Å². The van der Waals surface area contributed by atoms with Gasteiger partial charge in [-0.25, -0.2) is 4.79 Å². The number of aliphatic hydroxyl groups is 1. The summed E-state index contributed by atoms with van der Waals surface area (Å²) in [5, 5.41) is 18.0. The Bertz CT molecular complexity index is 368. The van der Waals surface area contributed by atoms with Crippen LogP contribution in [0.3, 0.4) is 0 Å². The minimum absolute atomic E-state index is 0.0616. The zero-order valence-electron chi connectivity index (χ0n) is 7.60. The smallest absolute Gasteiger partial charge is 0.335 e. The molecule has 74 valence electrons. The fourth-order valence-corrected chi connectivity index (χ4v) is 1.18. The maximum absolute atomic E-state index is 10.6. The van der Waals surface area contributed by atoms with Gasteiger partial charge in [-0.05, 0) is 24.6 Å². The molecule has 0 aliphatic heterocycles. The van der Waals surface area contributed by atoms with E-state index in [9.17, 15) is 14.7 Å². The Morgan fingerprint density at radius 1 is 1.50 bits per heavy atom. The van der Waals surface area contributed by atoms with Crippen LogP contribution in [0, 0.1) is 0 Å². The molecule has 2 N–H and O–H groups in total. The molecule has 0 aromatic heterocycles. The zero-order valence-corrected chi connectivity index (χ0v) is 7.60. The predicted molar refractivity (Wildman–Crippen MR) is 49.4 cm³/mol. The molecule has 0 amide bonds. The van der Waals surface area contributed by atoms with Crippen LogP contribution in [0.5, 0.6) is 0 Å². The van der Waals surface area contributed by atoms with Crippen LogP contribution in [0.2, 0.25) is 0 Å². The average molecular weight is 194 g/mol. The SMILES string of the molecule is CC(O)c1cc(C(=O)O)ccc1C=O. The van der Waals surface area contributed by atoms with E-state index in [2.05, 4.69) is 0 Å². The zero-order chi connectivity index (χ0) is 10.7. The van der Waals surface area contributed by atoms with Crippen LogP contribution in [0.15, 0.2) is 18.2 Å². The van der Waals surface area contributed by atoms with Crippen molar-refractivity contribution in [2.45, 2.75) is 13.0 Å². The number of carbonyl (C=O) groups is 2. The molecule has 0 saturated carbocycles. The highest BCUT2D eigenvalue weighted by atomic mass is 16.4. The molecular formula is C10H10O4. The molecule has 0 bridgehead atoms. The second-order valence-corrected chi connectivity index (χ2v) is 2.94. The summed E-state index contributed by atoms with van der Waals surface area (Å²) in [4.78, 5) is 21.2. The van der Waals surface area contributed by atoms with E-state index >= 15 is 0 Å². The lowest BCUT2D eigenvalue weighted by molar-refractivity contribution is 0.0696. The van der Waals surface area contributed by atoms with Gasteiger partial charge in [-0.2, -0.15) is 0 Å². The van der Waals surface area contributed by atoms with Crippen molar-refractivity contribution in [3.8, 4) is 0 Å². The van der Waals surface area contributed by atoms with Crippen LogP contribution in [-0.2, 0) is 0 Å². The molecule has 0 spiro atoms. The van der Waals surface area contributed by atoms with E-state index in [4.69, 9.17) is 5.11 Å². The first kappa shape index (κ1) is 10.4. The van der Waals surface area contributed by atoms with Gasteiger partial charge in [-0.3, -0.25) is 4.79 Å². The number of aliphatic hydroxyl groups excluding tert-OH is 1. The molecule has 0 fully saturated rings. The molecule has 0 aliphatic carbocycles. The van der Waals surface area contributed by atoms with Crippen molar-refractivity contribution in [2.75, 3.05) is 0 Å². The van der Waals surface area contributed by atoms with E-state index < -0.39 is 12.1 Å². The van der Waals surface area contributed by atoms with Gasteiger partial charge in [0, 0.05) is 5.56 Å². The van der Waals surface area contributed by atoms with Crippen molar-refractivity contribution in [3.05, 3.63) is 34.9 Å². The lowest BCUT2D eigenvalue weighted by Gasteiger charge is -2.08. The number of hydrogen-bond donors (Lipinski definition) is 2. The van der Waals surface area contributed by atoms with Gasteiger partial charge in [0.15, 0.2) is 0 Å². The van der Waals surface area contributed by atoms with Crippen LogP contribution < -0.4 is 0 Å². The molecule has 1 aromatic rings. The number of carboxylic acid groups (broad SMARTS) is 1. The molecule has 1 atom stereocenters. The second-order valence-electron chi connectivity index (χ2n) is 2.94. The van der Waals surface area contributed by atoms with Crippen LogP contribution in [0.25, 0.3) is 0 Å². The van der Waals surface area contributed by atoms with E-state index in [0.29, 0.717) is 17.4 Å². The second kappa shape index (κ2) is 4.02. The maximum atomic E-state index is 10.6. The minimum atomic E-state index is -1.08. The fourth-order valence-electron chi connectivity index (χ4n) is 1.18. The Hall–Kier alpha value is -1.68. The Balaban J connectivity index is 3.27. The largest absolute Gasteiger partial charge is 0.478 e. The summed E-state index contributed by atoms with van der Waals surface area (Å²) in [7, 11) is 0. The highest BCUT2D eigenvalue weighted by Gasteiger charge is 2.11. The molecule has 4 nitrogen and oxygen atoms in total. The van der Waals surface area contributed by atoms with Gasteiger partial charge in [0.1, 0.15) is 6.29 Å². The number of aromatic carboxylic acids is 1. The first-order chi connectivity index (χ1) is 6.56. The molecule has 14 heavy (non-hydrogen) atoms. The van der Waals surface area contributed by atoms with Crippen LogP contribution in [0.4, 0.5) is 0 Å². The molecule has 0 aliphatic rings. The Kier molecular flexibility index (Phi) is 2.99. The van der Waals surface area contributed by atoms with Gasteiger partial charge in [0.25, 0.3) is 0 Å². The third-order valence-corrected chi connectivity index (χ3v) is 1.91. The van der Waals surface area contributed by atoms with E-state index in [1.54, 1.807) is 0 Å². The normalized spacial score (nSPS) is 12.1. The van der Waals surface area contributed by atoms with E-state index in [0.717, 1.165) is 0 Å². The molecular weight excluding hydrogens is 184 g/mol. The first-order valence-electron chi connectivity index (χ1n) is 4.06. The number of carboxylic acids is 1. The summed E-state index contributed by atoms with van der Waals surface area (Å²) in [6, 6.07) is 4.02. The standard InChI is InChI=1S/C10H10O4/c1-6(12)9-4-7(10(13)14)2-3-8(9)5-11/h2-6,12H,1H3,(H,13,14). The highest BCUT2D eigenvalue weighted by molar-refractivity contribution is 5.89. The van der Waals surface area contributed by atoms with Crippen molar-refractivity contribution in [1.29, 1.82) is 0 Å². The van der Waals surface area contributed by atoms with Crippen molar-refractivity contribution in [3.63, 3.8) is 0 Å². The van der Waals surface area contributed by atoms with Gasteiger partial charge in [0.05, 0.1) is 11.7 Å². The lowest BCUT2D eigenvalue weighted by Crippen LogP contribution is -2.03. The fraction of sp³-hybridized carbons (Fsp3) is 0.200. The summed E-state index contributed by atoms with van der Waals surface area (Å²) >= 11 is 0. The Morgan fingerprint density at radius 2 is 2.14 bits per heavy atom. The summed E-state index contributed by atoms with van der Waals surface area (Å²) in [5.41, 5.74) is 0.705. The van der Waals surface area contributed by atoms with Crippen molar-refractivity contribution in [1.82, 2.24) is 0 Å². The number of carbonyl (C=O) groups excluding carboxylic acids is 1. The van der Waals surface area contributed by atoms with Crippen LogP contribution in [0.1, 0.15) is 39.3 Å².